The average Bonchev–Trinajstić information content (AvgIpc) is 2.91. The Morgan fingerprint density at radius 3 is 3.00 bits per heavy atom. The molecular weight excluding hydrogens is 344 g/mol. The standard InChI is InChI=1S/C20H24N4O3/c1-27-12-7-8-16-14(9-12)15(10-19(25)22-16)20(26)21-11-18-13-5-3-2-4-6-17(13)23-24-18/h7-9,15H,2-6,10-11H2,1H3,(H,21,26)(H,22,25)(H,23,24). The first kappa shape index (κ1) is 17.6. The molecule has 1 aliphatic carbocycles. The molecule has 7 nitrogen and oxygen atoms in total. The number of nitrogens with zero attached hydrogens (tertiary/aromatic N) is 1. The second kappa shape index (κ2) is 7.42. The summed E-state index contributed by atoms with van der Waals surface area (Å²) in [6.45, 7) is 0.377. The van der Waals surface area contributed by atoms with Crippen molar-refractivity contribution in [2.24, 2.45) is 0 Å². The van der Waals surface area contributed by atoms with Gasteiger partial charge in [-0.1, -0.05) is 6.42 Å². The lowest BCUT2D eigenvalue weighted by Gasteiger charge is -2.25. The zero-order valence-corrected chi connectivity index (χ0v) is 15.4. The maximum Gasteiger partial charge on any atom is 0.228 e. The average molecular weight is 368 g/mol. The first-order chi connectivity index (χ1) is 13.2. The third kappa shape index (κ3) is 3.54. The molecule has 4 rings (SSSR count). The molecule has 1 aromatic heterocycles. The maximum atomic E-state index is 12.9. The minimum atomic E-state index is -0.526. The Kier molecular flexibility index (Phi) is 4.83. The third-order valence-electron chi connectivity index (χ3n) is 5.44. The first-order valence-electron chi connectivity index (χ1n) is 9.46. The van der Waals surface area contributed by atoms with Crippen molar-refractivity contribution in [3.05, 3.63) is 40.7 Å². The monoisotopic (exact) mass is 368 g/mol. The van der Waals surface area contributed by atoms with Crippen LogP contribution in [0.3, 0.4) is 0 Å². The van der Waals surface area contributed by atoms with Crippen molar-refractivity contribution in [1.82, 2.24) is 15.5 Å². The summed E-state index contributed by atoms with van der Waals surface area (Å²) in [5, 5.41) is 13.3. The lowest BCUT2D eigenvalue weighted by atomic mass is 9.89. The maximum absolute atomic E-state index is 12.9. The third-order valence-corrected chi connectivity index (χ3v) is 5.44. The normalized spacial score (nSPS) is 18.7. The summed E-state index contributed by atoms with van der Waals surface area (Å²) in [5.74, 6) is -0.173. The van der Waals surface area contributed by atoms with E-state index in [1.807, 2.05) is 6.07 Å². The molecule has 1 aliphatic heterocycles. The summed E-state index contributed by atoms with van der Waals surface area (Å²) in [7, 11) is 1.58. The van der Waals surface area contributed by atoms with Gasteiger partial charge in [0.05, 0.1) is 25.3 Å². The van der Waals surface area contributed by atoms with Crippen LogP contribution >= 0.6 is 0 Å². The Bertz CT molecular complexity index is 874. The van der Waals surface area contributed by atoms with Crippen molar-refractivity contribution in [3.63, 3.8) is 0 Å². The SMILES string of the molecule is COc1ccc2c(c1)C(C(=O)NCc1n[nH]c3c1CCCCC3)CC(=O)N2. The molecule has 3 N–H and O–H groups in total. The van der Waals surface area contributed by atoms with Crippen molar-refractivity contribution in [3.8, 4) is 5.75 Å². The van der Waals surface area contributed by atoms with Crippen LogP contribution in [0.5, 0.6) is 5.75 Å². The van der Waals surface area contributed by atoms with Crippen molar-refractivity contribution in [2.75, 3.05) is 12.4 Å². The molecule has 1 atom stereocenters. The Balaban J connectivity index is 1.51. The van der Waals surface area contributed by atoms with Crippen molar-refractivity contribution < 1.29 is 14.3 Å². The summed E-state index contributed by atoms with van der Waals surface area (Å²) in [6.07, 6.45) is 5.71. The van der Waals surface area contributed by atoms with Gasteiger partial charge in [0, 0.05) is 17.8 Å². The highest BCUT2D eigenvalue weighted by Gasteiger charge is 2.31. The minimum Gasteiger partial charge on any atom is -0.497 e. The topological polar surface area (TPSA) is 96.1 Å². The van der Waals surface area contributed by atoms with Crippen molar-refractivity contribution in [1.29, 1.82) is 0 Å². The quantitative estimate of drug-likeness (QED) is 0.722. The van der Waals surface area contributed by atoms with Crippen LogP contribution < -0.4 is 15.4 Å². The molecule has 1 aromatic carbocycles. The fraction of sp³-hybridized carbons (Fsp3) is 0.450. The molecule has 27 heavy (non-hydrogen) atoms. The molecule has 0 bridgehead atoms. The molecule has 2 aliphatic rings. The highest BCUT2D eigenvalue weighted by molar-refractivity contribution is 6.01. The fourth-order valence-electron chi connectivity index (χ4n) is 3.97. The van der Waals surface area contributed by atoms with E-state index in [4.69, 9.17) is 4.74 Å². The summed E-state index contributed by atoms with van der Waals surface area (Å²) in [5.41, 5.74) is 4.81. The molecular formula is C20H24N4O3. The fourth-order valence-corrected chi connectivity index (χ4v) is 3.97. The Morgan fingerprint density at radius 2 is 2.15 bits per heavy atom. The number of amides is 2. The van der Waals surface area contributed by atoms with Gasteiger partial charge in [0.1, 0.15) is 5.75 Å². The van der Waals surface area contributed by atoms with Crippen LogP contribution in [0.1, 0.15) is 54.1 Å². The van der Waals surface area contributed by atoms with E-state index in [0.29, 0.717) is 18.0 Å². The number of hydrogen-bond donors (Lipinski definition) is 3. The molecule has 1 unspecified atom stereocenters. The number of aromatic amines is 1. The summed E-state index contributed by atoms with van der Waals surface area (Å²) in [6, 6.07) is 5.37. The zero-order chi connectivity index (χ0) is 18.8. The van der Waals surface area contributed by atoms with Gasteiger partial charge in [0.15, 0.2) is 0 Å². The number of methoxy groups -OCH3 is 1. The minimum absolute atomic E-state index is 0.130. The Labute approximate surface area is 157 Å². The number of H-pyrrole nitrogens is 1. The first-order valence-corrected chi connectivity index (χ1v) is 9.46. The number of nitrogens with one attached hydrogen (secondary N) is 3. The summed E-state index contributed by atoms with van der Waals surface area (Å²) < 4.78 is 5.27. The van der Waals surface area contributed by atoms with Crippen LogP contribution in [0.25, 0.3) is 0 Å². The van der Waals surface area contributed by atoms with Crippen LogP contribution in [0, 0.1) is 0 Å². The van der Waals surface area contributed by atoms with E-state index in [0.717, 1.165) is 30.5 Å². The number of hydrogen-bond acceptors (Lipinski definition) is 4. The number of rotatable bonds is 4. The van der Waals surface area contributed by atoms with E-state index >= 15 is 0 Å². The molecule has 2 heterocycles. The second-order valence-corrected chi connectivity index (χ2v) is 7.16. The van der Waals surface area contributed by atoms with Gasteiger partial charge < -0.3 is 15.4 Å². The molecule has 0 saturated carbocycles. The molecule has 0 spiro atoms. The van der Waals surface area contributed by atoms with Gasteiger partial charge in [-0.2, -0.15) is 5.10 Å². The molecule has 0 radical (unpaired) electrons. The van der Waals surface area contributed by atoms with Crippen LogP contribution in [0.15, 0.2) is 18.2 Å². The van der Waals surface area contributed by atoms with Crippen molar-refractivity contribution in [2.45, 2.75) is 51.0 Å². The van der Waals surface area contributed by atoms with Gasteiger partial charge in [0.2, 0.25) is 11.8 Å². The summed E-state index contributed by atoms with van der Waals surface area (Å²) in [4.78, 5) is 24.9. The molecule has 142 valence electrons. The molecule has 2 amide bonds. The van der Waals surface area contributed by atoms with E-state index < -0.39 is 5.92 Å². The van der Waals surface area contributed by atoms with Crippen LogP contribution in [0.2, 0.25) is 0 Å². The molecule has 2 aromatic rings. The number of carbonyl (C=O) groups excluding carboxylic acids is 2. The Hall–Kier alpha value is -2.83. The zero-order valence-electron chi connectivity index (χ0n) is 15.4. The van der Waals surface area contributed by atoms with Gasteiger partial charge in [-0.05, 0) is 55.0 Å². The summed E-state index contributed by atoms with van der Waals surface area (Å²) >= 11 is 0. The highest BCUT2D eigenvalue weighted by atomic mass is 16.5. The van der Waals surface area contributed by atoms with E-state index in [-0.39, 0.29) is 18.2 Å². The predicted molar refractivity (Wildman–Crippen MR) is 101 cm³/mol. The van der Waals surface area contributed by atoms with E-state index in [1.54, 1.807) is 19.2 Å². The van der Waals surface area contributed by atoms with Crippen molar-refractivity contribution >= 4 is 17.5 Å². The lowest BCUT2D eigenvalue weighted by Crippen LogP contribution is -2.35. The van der Waals surface area contributed by atoms with E-state index in [2.05, 4.69) is 20.8 Å². The van der Waals surface area contributed by atoms with Gasteiger partial charge in [-0.3, -0.25) is 14.7 Å². The second-order valence-electron chi connectivity index (χ2n) is 7.16. The number of anilines is 1. The molecule has 0 saturated heterocycles. The van der Waals surface area contributed by atoms with Gasteiger partial charge in [-0.15, -0.1) is 0 Å². The number of carbonyl (C=O) groups is 2. The number of aromatic nitrogens is 2. The molecule has 7 heteroatoms. The molecule has 0 fully saturated rings. The van der Waals surface area contributed by atoms with E-state index in [1.165, 1.54) is 24.1 Å². The van der Waals surface area contributed by atoms with E-state index in [9.17, 15) is 9.59 Å². The Morgan fingerprint density at radius 1 is 1.30 bits per heavy atom. The number of aryl methyl sites for hydroxylation is 1. The number of ether oxygens (including phenoxy) is 1. The van der Waals surface area contributed by atoms with Crippen LogP contribution in [0.4, 0.5) is 5.69 Å². The van der Waals surface area contributed by atoms with Gasteiger partial charge in [-0.25, -0.2) is 0 Å². The highest BCUT2D eigenvalue weighted by Crippen LogP contribution is 2.35. The van der Waals surface area contributed by atoms with Gasteiger partial charge in [0.25, 0.3) is 0 Å². The largest absolute Gasteiger partial charge is 0.497 e. The van der Waals surface area contributed by atoms with Crippen LogP contribution in [-0.2, 0) is 29.0 Å². The van der Waals surface area contributed by atoms with Crippen LogP contribution in [-0.4, -0.2) is 29.1 Å². The predicted octanol–water partition coefficient (Wildman–Crippen LogP) is 2.43. The lowest BCUT2D eigenvalue weighted by molar-refractivity contribution is -0.126. The number of benzene rings is 1. The number of fused-ring (bicyclic) bond motifs is 2. The smallest absolute Gasteiger partial charge is 0.228 e. The van der Waals surface area contributed by atoms with Gasteiger partial charge >= 0.3 is 0 Å².